The maximum absolute atomic E-state index is 11.9. The molecule has 2 rings (SSSR count). The van der Waals surface area contributed by atoms with Gasteiger partial charge in [-0.2, -0.15) is 0 Å². The number of hydrogen-bond donors (Lipinski definition) is 3. The first-order chi connectivity index (χ1) is 8.37. The third-order valence-electron chi connectivity index (χ3n) is 3.45. The number of carbonyl (C=O) groups excluding carboxylic acids is 1. The number of likely N-dealkylation sites (tertiary alicyclic amines) is 1. The van der Waals surface area contributed by atoms with E-state index in [9.17, 15) is 14.7 Å². The van der Waals surface area contributed by atoms with Crippen LogP contribution in [0.4, 0.5) is 4.79 Å². The predicted octanol–water partition coefficient (Wildman–Crippen LogP) is 0.182. The molecule has 2 amide bonds. The largest absolute Gasteiger partial charge is 0.481 e. The van der Waals surface area contributed by atoms with Crippen molar-refractivity contribution in [2.45, 2.75) is 31.4 Å². The summed E-state index contributed by atoms with van der Waals surface area (Å²) in [6.45, 7) is 2.55. The van der Waals surface area contributed by atoms with Gasteiger partial charge in [-0.05, 0) is 19.8 Å². The van der Waals surface area contributed by atoms with Gasteiger partial charge in [0.25, 0.3) is 0 Å². The van der Waals surface area contributed by atoms with Crippen LogP contribution in [0.2, 0.25) is 0 Å². The minimum absolute atomic E-state index is 0.232. The van der Waals surface area contributed by atoms with Crippen molar-refractivity contribution in [1.29, 1.82) is 0 Å². The van der Waals surface area contributed by atoms with Crippen molar-refractivity contribution >= 4 is 12.0 Å². The van der Waals surface area contributed by atoms with Crippen LogP contribution in [0.25, 0.3) is 0 Å². The van der Waals surface area contributed by atoms with Gasteiger partial charge in [-0.25, -0.2) is 4.79 Å². The number of aliphatic carboxylic acids is 1. The molecular weight excluding hydrogens is 236 g/mol. The lowest BCUT2D eigenvalue weighted by Crippen LogP contribution is -2.44. The minimum atomic E-state index is -0.868. The number of carboxylic acid groups (broad SMARTS) is 1. The third-order valence-corrected chi connectivity index (χ3v) is 3.45. The number of hydrogen-bond acceptors (Lipinski definition) is 3. The van der Waals surface area contributed by atoms with Crippen LogP contribution in [-0.2, 0) is 4.79 Å². The number of aliphatic hydroxyl groups is 1. The molecule has 1 fully saturated rings. The smallest absolute Gasteiger partial charge is 0.317 e. The molecule has 1 aliphatic carbocycles. The molecule has 0 aromatic carbocycles. The molecule has 3 atom stereocenters. The van der Waals surface area contributed by atoms with Crippen LogP contribution in [0.1, 0.15) is 19.8 Å². The highest BCUT2D eigenvalue weighted by Crippen LogP contribution is 2.22. The number of rotatable bonds is 2. The van der Waals surface area contributed by atoms with Gasteiger partial charge in [0.2, 0.25) is 0 Å². The molecule has 18 heavy (non-hydrogen) atoms. The number of β-amino-alcohol motifs (C(OH)–C–C–N with tert-alkyl or cyclic N) is 1. The van der Waals surface area contributed by atoms with E-state index in [0.717, 1.165) is 0 Å². The minimum Gasteiger partial charge on any atom is -0.481 e. The highest BCUT2D eigenvalue weighted by atomic mass is 16.4. The van der Waals surface area contributed by atoms with E-state index >= 15 is 0 Å². The average Bonchev–Trinajstić information content (AvgIpc) is 2.84. The van der Waals surface area contributed by atoms with Crippen molar-refractivity contribution in [3.05, 3.63) is 12.2 Å². The number of nitrogens with one attached hydrogen (secondary N) is 1. The fourth-order valence-corrected chi connectivity index (χ4v) is 2.36. The fraction of sp³-hybridized carbons (Fsp3) is 0.667. The molecule has 0 aromatic rings. The molecule has 6 heteroatoms. The van der Waals surface area contributed by atoms with E-state index in [1.807, 2.05) is 0 Å². The average molecular weight is 254 g/mol. The quantitative estimate of drug-likeness (QED) is 0.613. The van der Waals surface area contributed by atoms with E-state index < -0.39 is 17.5 Å². The van der Waals surface area contributed by atoms with Crippen molar-refractivity contribution in [3.8, 4) is 0 Å². The van der Waals surface area contributed by atoms with Crippen LogP contribution in [-0.4, -0.2) is 51.8 Å². The van der Waals surface area contributed by atoms with Crippen LogP contribution in [0, 0.1) is 5.92 Å². The van der Waals surface area contributed by atoms with E-state index in [4.69, 9.17) is 5.11 Å². The number of amides is 2. The first kappa shape index (κ1) is 12.9. The molecule has 1 saturated heterocycles. The lowest BCUT2D eigenvalue weighted by Gasteiger charge is -2.21. The zero-order valence-corrected chi connectivity index (χ0v) is 10.3. The molecule has 3 N–H and O–H groups in total. The topological polar surface area (TPSA) is 89.9 Å². The van der Waals surface area contributed by atoms with Gasteiger partial charge in [-0.1, -0.05) is 12.2 Å². The summed E-state index contributed by atoms with van der Waals surface area (Å²) in [4.78, 5) is 24.2. The summed E-state index contributed by atoms with van der Waals surface area (Å²) in [5.74, 6) is -1.39. The maximum atomic E-state index is 11.9. The Morgan fingerprint density at radius 2 is 2.17 bits per heavy atom. The van der Waals surface area contributed by atoms with Gasteiger partial charge in [-0.3, -0.25) is 4.79 Å². The molecule has 2 aliphatic rings. The van der Waals surface area contributed by atoms with Crippen LogP contribution in [0.5, 0.6) is 0 Å². The summed E-state index contributed by atoms with van der Waals surface area (Å²) in [6.07, 6.45) is 4.28. The maximum Gasteiger partial charge on any atom is 0.317 e. The van der Waals surface area contributed by atoms with E-state index in [0.29, 0.717) is 25.9 Å². The Morgan fingerprint density at radius 3 is 2.67 bits per heavy atom. The van der Waals surface area contributed by atoms with E-state index in [1.54, 1.807) is 24.0 Å². The second-order valence-corrected chi connectivity index (χ2v) is 5.29. The Morgan fingerprint density at radius 1 is 1.44 bits per heavy atom. The van der Waals surface area contributed by atoms with Gasteiger partial charge < -0.3 is 20.4 Å². The van der Waals surface area contributed by atoms with Gasteiger partial charge >= 0.3 is 12.0 Å². The third kappa shape index (κ3) is 2.81. The highest BCUT2D eigenvalue weighted by Gasteiger charge is 2.35. The summed E-state index contributed by atoms with van der Waals surface area (Å²) in [5.41, 5.74) is -0.813. The van der Waals surface area contributed by atoms with Gasteiger partial charge in [0.05, 0.1) is 24.1 Å². The number of carbonyl (C=O) groups is 2. The first-order valence-corrected chi connectivity index (χ1v) is 6.06. The predicted molar refractivity (Wildman–Crippen MR) is 64.0 cm³/mol. The van der Waals surface area contributed by atoms with Crippen molar-refractivity contribution in [2.24, 2.45) is 5.92 Å². The zero-order chi connectivity index (χ0) is 13.3. The Bertz CT molecular complexity index is 392. The first-order valence-electron chi connectivity index (χ1n) is 6.06. The van der Waals surface area contributed by atoms with Crippen molar-refractivity contribution in [3.63, 3.8) is 0 Å². The molecule has 1 heterocycles. The van der Waals surface area contributed by atoms with E-state index in [2.05, 4.69) is 5.32 Å². The molecule has 0 aromatic heterocycles. The Labute approximate surface area is 105 Å². The van der Waals surface area contributed by atoms with Gasteiger partial charge in [-0.15, -0.1) is 0 Å². The highest BCUT2D eigenvalue weighted by molar-refractivity contribution is 5.76. The van der Waals surface area contributed by atoms with E-state index in [-0.39, 0.29) is 12.1 Å². The van der Waals surface area contributed by atoms with Crippen LogP contribution in [0.15, 0.2) is 12.2 Å². The normalized spacial score (nSPS) is 34.9. The van der Waals surface area contributed by atoms with Crippen molar-refractivity contribution < 1.29 is 19.8 Å². The van der Waals surface area contributed by atoms with Gasteiger partial charge in [0, 0.05) is 6.54 Å². The Kier molecular flexibility index (Phi) is 3.30. The van der Waals surface area contributed by atoms with E-state index in [1.165, 1.54) is 0 Å². The summed E-state index contributed by atoms with van der Waals surface area (Å²) >= 11 is 0. The second kappa shape index (κ2) is 4.61. The van der Waals surface area contributed by atoms with Gasteiger partial charge in [0.1, 0.15) is 0 Å². The molecule has 6 nitrogen and oxygen atoms in total. The van der Waals surface area contributed by atoms with Crippen molar-refractivity contribution in [1.82, 2.24) is 10.2 Å². The monoisotopic (exact) mass is 254 g/mol. The summed E-state index contributed by atoms with van der Waals surface area (Å²) < 4.78 is 0. The Hall–Kier alpha value is -1.56. The second-order valence-electron chi connectivity index (χ2n) is 5.29. The SMILES string of the molecule is CC1(O)CCN(C(=O)NC2C=CC(C(=O)O)C2)C1. The molecule has 0 saturated carbocycles. The molecule has 3 unspecified atom stereocenters. The number of nitrogens with zero attached hydrogens (tertiary/aromatic N) is 1. The van der Waals surface area contributed by atoms with Crippen LogP contribution < -0.4 is 5.32 Å². The molecule has 1 aliphatic heterocycles. The lowest BCUT2D eigenvalue weighted by atomic mass is 10.1. The van der Waals surface area contributed by atoms with Crippen LogP contribution in [0.3, 0.4) is 0 Å². The van der Waals surface area contributed by atoms with Gasteiger partial charge in [0.15, 0.2) is 0 Å². The molecule has 100 valence electrons. The Balaban J connectivity index is 1.83. The molecule has 0 bridgehead atoms. The molecule has 0 radical (unpaired) electrons. The number of urea groups is 1. The standard InChI is InChI=1S/C12H18N2O4/c1-12(18)4-5-14(7-12)11(17)13-9-3-2-8(6-9)10(15)16/h2-3,8-9,18H,4-7H2,1H3,(H,13,17)(H,15,16). The number of carboxylic acids is 1. The summed E-state index contributed by atoms with van der Waals surface area (Å²) in [7, 11) is 0. The molecule has 0 spiro atoms. The summed E-state index contributed by atoms with van der Waals surface area (Å²) in [6, 6.07) is -0.474. The van der Waals surface area contributed by atoms with Crippen molar-refractivity contribution in [2.75, 3.05) is 13.1 Å². The summed E-state index contributed by atoms with van der Waals surface area (Å²) in [5, 5.41) is 21.4. The molecular formula is C12H18N2O4. The lowest BCUT2D eigenvalue weighted by molar-refractivity contribution is -0.140. The van der Waals surface area contributed by atoms with Crippen LogP contribution >= 0.6 is 0 Å². The zero-order valence-electron chi connectivity index (χ0n) is 10.3. The fourth-order valence-electron chi connectivity index (χ4n) is 2.36.